The predicted molar refractivity (Wildman–Crippen MR) is 81.8 cm³/mol. The molecule has 6 nitrogen and oxygen atoms in total. The van der Waals surface area contributed by atoms with Gasteiger partial charge >= 0.3 is 0 Å². The Kier molecular flexibility index (Phi) is 4.95. The van der Waals surface area contributed by atoms with Crippen molar-refractivity contribution in [2.75, 3.05) is 12.4 Å². The Morgan fingerprint density at radius 3 is 2.77 bits per heavy atom. The maximum atomic E-state index is 12.0. The van der Waals surface area contributed by atoms with E-state index in [-0.39, 0.29) is 12.5 Å². The van der Waals surface area contributed by atoms with Crippen LogP contribution in [0.3, 0.4) is 0 Å². The molecule has 0 aliphatic carbocycles. The fourth-order valence-corrected chi connectivity index (χ4v) is 2.13. The van der Waals surface area contributed by atoms with Crippen LogP contribution in [0, 0.1) is 0 Å². The van der Waals surface area contributed by atoms with Gasteiger partial charge in [-0.1, -0.05) is 11.6 Å². The van der Waals surface area contributed by atoms with Gasteiger partial charge in [0.25, 0.3) is 11.8 Å². The predicted octanol–water partition coefficient (Wildman–Crippen LogP) is 1.37. The minimum atomic E-state index is -0.545. The zero-order valence-electron chi connectivity index (χ0n) is 11.9. The summed E-state index contributed by atoms with van der Waals surface area (Å²) in [6.07, 6.45) is 3.19. The molecule has 22 heavy (non-hydrogen) atoms. The third kappa shape index (κ3) is 3.95. The lowest BCUT2D eigenvalue weighted by atomic mass is 10.2. The summed E-state index contributed by atoms with van der Waals surface area (Å²) in [6, 6.07) is 8.19. The minimum absolute atomic E-state index is 0.0464. The highest BCUT2D eigenvalue weighted by Gasteiger charge is 2.13. The summed E-state index contributed by atoms with van der Waals surface area (Å²) in [4.78, 5) is 23.1. The molecule has 114 valence electrons. The van der Waals surface area contributed by atoms with Crippen LogP contribution in [0.2, 0.25) is 5.02 Å². The standard InChI is InChI=1S/C15H14ClN3O3/c1-22-13-5-4-11(7-12(13)16)18-14(20)9-19-6-2-3-10(8-19)15(17)21/h2-8H,9H2,1H3,(H2-,17,18,20,21)/p+1. The Morgan fingerprint density at radius 1 is 1.36 bits per heavy atom. The van der Waals surface area contributed by atoms with E-state index in [4.69, 9.17) is 22.1 Å². The van der Waals surface area contributed by atoms with Gasteiger partial charge in [-0.2, -0.15) is 4.57 Å². The van der Waals surface area contributed by atoms with Crippen molar-refractivity contribution in [1.29, 1.82) is 0 Å². The molecule has 2 rings (SSSR count). The Labute approximate surface area is 132 Å². The number of nitrogens with zero attached hydrogens (tertiary/aromatic N) is 1. The third-order valence-corrected chi connectivity index (χ3v) is 3.20. The first kappa shape index (κ1) is 15.8. The highest BCUT2D eigenvalue weighted by molar-refractivity contribution is 6.32. The second kappa shape index (κ2) is 6.91. The summed E-state index contributed by atoms with van der Waals surface area (Å²) < 4.78 is 6.61. The molecule has 0 atom stereocenters. The van der Waals surface area contributed by atoms with Crippen molar-refractivity contribution in [3.05, 3.63) is 53.3 Å². The molecule has 3 N–H and O–H groups in total. The van der Waals surface area contributed by atoms with Gasteiger partial charge in [0.2, 0.25) is 6.54 Å². The summed E-state index contributed by atoms with van der Waals surface area (Å²) in [5, 5.41) is 3.12. The molecular formula is C15H15ClN3O3+. The molecule has 0 spiro atoms. The number of nitrogens with two attached hydrogens (primary N) is 1. The van der Waals surface area contributed by atoms with Gasteiger partial charge in [-0.15, -0.1) is 0 Å². The maximum Gasteiger partial charge on any atom is 0.290 e. The molecule has 0 saturated carbocycles. The van der Waals surface area contributed by atoms with E-state index in [9.17, 15) is 9.59 Å². The summed E-state index contributed by atoms with van der Waals surface area (Å²) >= 11 is 6.00. The zero-order chi connectivity index (χ0) is 16.1. The van der Waals surface area contributed by atoms with Gasteiger partial charge in [-0.05, 0) is 24.3 Å². The van der Waals surface area contributed by atoms with Crippen LogP contribution in [0.5, 0.6) is 5.75 Å². The fraction of sp³-hybridized carbons (Fsp3) is 0.133. The molecule has 0 aliphatic heterocycles. The number of amides is 2. The van der Waals surface area contributed by atoms with Crippen molar-refractivity contribution in [1.82, 2.24) is 0 Å². The number of anilines is 1. The Balaban J connectivity index is 2.05. The van der Waals surface area contributed by atoms with E-state index < -0.39 is 5.91 Å². The van der Waals surface area contributed by atoms with Crippen LogP contribution >= 0.6 is 11.6 Å². The van der Waals surface area contributed by atoms with E-state index in [2.05, 4.69) is 5.32 Å². The number of carbonyl (C=O) groups excluding carboxylic acids is 2. The Hall–Kier alpha value is -2.60. The third-order valence-electron chi connectivity index (χ3n) is 2.90. The van der Waals surface area contributed by atoms with E-state index >= 15 is 0 Å². The van der Waals surface area contributed by atoms with Gasteiger partial charge in [0.15, 0.2) is 12.4 Å². The van der Waals surface area contributed by atoms with Crippen molar-refractivity contribution < 1.29 is 18.9 Å². The van der Waals surface area contributed by atoms with Crippen LogP contribution in [-0.4, -0.2) is 18.9 Å². The molecular weight excluding hydrogens is 306 g/mol. The van der Waals surface area contributed by atoms with Gasteiger partial charge in [0, 0.05) is 11.8 Å². The number of primary amides is 1. The number of carbonyl (C=O) groups is 2. The molecule has 0 fully saturated rings. The second-order valence-corrected chi connectivity index (χ2v) is 4.93. The van der Waals surface area contributed by atoms with Gasteiger partial charge in [0.05, 0.1) is 12.1 Å². The SMILES string of the molecule is COc1ccc(NC(=O)C[n+]2cccc(C(N)=O)c2)cc1Cl. The molecule has 2 amide bonds. The largest absolute Gasteiger partial charge is 0.495 e. The number of hydrogen-bond acceptors (Lipinski definition) is 3. The summed E-state index contributed by atoms with van der Waals surface area (Å²) in [6.45, 7) is 0.0464. The zero-order valence-corrected chi connectivity index (χ0v) is 12.6. The fourth-order valence-electron chi connectivity index (χ4n) is 1.88. The van der Waals surface area contributed by atoms with Crippen molar-refractivity contribution in [2.45, 2.75) is 6.54 Å². The van der Waals surface area contributed by atoms with E-state index in [1.165, 1.54) is 13.3 Å². The smallest absolute Gasteiger partial charge is 0.290 e. The molecule has 0 unspecified atom stereocenters. The maximum absolute atomic E-state index is 12.0. The number of ether oxygens (including phenoxy) is 1. The number of hydrogen-bond donors (Lipinski definition) is 2. The number of benzene rings is 1. The molecule has 2 aromatic rings. The van der Waals surface area contributed by atoms with E-state index in [0.29, 0.717) is 22.0 Å². The number of aromatic nitrogens is 1. The molecule has 0 aliphatic rings. The minimum Gasteiger partial charge on any atom is -0.495 e. The monoisotopic (exact) mass is 320 g/mol. The highest BCUT2D eigenvalue weighted by Crippen LogP contribution is 2.27. The van der Waals surface area contributed by atoms with Crippen LogP contribution < -0.4 is 20.4 Å². The summed E-state index contributed by atoms with van der Waals surface area (Å²) in [5.41, 5.74) is 6.10. The molecule has 0 radical (unpaired) electrons. The Morgan fingerprint density at radius 2 is 2.14 bits per heavy atom. The quantitative estimate of drug-likeness (QED) is 0.816. The lowest BCUT2D eigenvalue weighted by molar-refractivity contribution is -0.684. The van der Waals surface area contributed by atoms with Crippen molar-refractivity contribution in [3.63, 3.8) is 0 Å². The van der Waals surface area contributed by atoms with Crippen LogP contribution in [0.1, 0.15) is 10.4 Å². The lowest BCUT2D eigenvalue weighted by Gasteiger charge is -2.07. The van der Waals surface area contributed by atoms with Crippen LogP contribution in [0.4, 0.5) is 5.69 Å². The van der Waals surface area contributed by atoms with E-state index in [0.717, 1.165) is 0 Å². The summed E-state index contributed by atoms with van der Waals surface area (Å²) in [5.74, 6) is -0.271. The number of nitrogens with one attached hydrogen (secondary N) is 1. The lowest BCUT2D eigenvalue weighted by Crippen LogP contribution is -2.40. The molecule has 1 aromatic carbocycles. The average Bonchev–Trinajstić information content (AvgIpc) is 2.47. The van der Waals surface area contributed by atoms with Crippen molar-refractivity contribution in [3.8, 4) is 5.75 Å². The molecule has 1 aromatic heterocycles. The average molecular weight is 321 g/mol. The van der Waals surface area contributed by atoms with Crippen molar-refractivity contribution >= 4 is 29.1 Å². The second-order valence-electron chi connectivity index (χ2n) is 4.53. The van der Waals surface area contributed by atoms with E-state index in [1.54, 1.807) is 41.1 Å². The summed E-state index contributed by atoms with van der Waals surface area (Å²) in [7, 11) is 1.52. The number of rotatable bonds is 5. The highest BCUT2D eigenvalue weighted by atomic mass is 35.5. The van der Waals surface area contributed by atoms with Gasteiger partial charge in [-0.3, -0.25) is 9.59 Å². The molecule has 1 heterocycles. The van der Waals surface area contributed by atoms with Crippen LogP contribution in [0.25, 0.3) is 0 Å². The first-order valence-electron chi connectivity index (χ1n) is 6.42. The van der Waals surface area contributed by atoms with Crippen LogP contribution in [0.15, 0.2) is 42.7 Å². The van der Waals surface area contributed by atoms with Gasteiger partial charge in [-0.25, -0.2) is 0 Å². The Bertz CT molecular complexity index is 719. The number of halogens is 1. The molecule has 0 bridgehead atoms. The number of pyridine rings is 1. The van der Waals surface area contributed by atoms with Crippen LogP contribution in [-0.2, 0) is 11.3 Å². The topological polar surface area (TPSA) is 85.3 Å². The van der Waals surface area contributed by atoms with E-state index in [1.807, 2.05) is 0 Å². The number of methoxy groups -OCH3 is 1. The molecule has 7 heteroatoms. The normalized spacial score (nSPS) is 10.1. The first-order valence-corrected chi connectivity index (χ1v) is 6.79. The van der Waals surface area contributed by atoms with Gasteiger partial charge in [0.1, 0.15) is 11.3 Å². The van der Waals surface area contributed by atoms with Crippen molar-refractivity contribution in [2.24, 2.45) is 5.73 Å². The first-order chi connectivity index (χ1) is 10.5. The molecule has 0 saturated heterocycles. The van der Waals surface area contributed by atoms with Gasteiger partial charge < -0.3 is 15.8 Å².